The minimum Gasteiger partial charge on any atom is -0.495 e. The zero-order valence-corrected chi connectivity index (χ0v) is 14.8. The number of pyridine rings is 1. The average Bonchev–Trinajstić information content (AvgIpc) is 2.59. The van der Waals surface area contributed by atoms with Gasteiger partial charge in [0.05, 0.1) is 12.5 Å². The molecule has 5 heteroatoms. The van der Waals surface area contributed by atoms with E-state index in [0.717, 1.165) is 25.7 Å². The summed E-state index contributed by atoms with van der Waals surface area (Å²) in [5.74, 6) is 1.02. The topological polar surface area (TPSA) is 49.8 Å². The summed E-state index contributed by atoms with van der Waals surface area (Å²) in [4.78, 5) is 4.35. The molecule has 1 heterocycles. The fourth-order valence-corrected chi connectivity index (χ4v) is 2.21. The molecule has 2 unspecified atom stereocenters. The number of hydrogen-bond acceptors (Lipinski definition) is 5. The highest BCUT2D eigenvalue weighted by atomic mass is 16.5. The molecule has 0 aliphatic heterocycles. The Morgan fingerprint density at radius 1 is 0.917 bits per heavy atom. The van der Waals surface area contributed by atoms with Crippen molar-refractivity contribution in [2.45, 2.75) is 51.7 Å². The Labute approximate surface area is 145 Å². The van der Waals surface area contributed by atoms with Crippen molar-refractivity contribution >= 4 is 0 Å². The van der Waals surface area contributed by atoms with E-state index in [0.29, 0.717) is 25.0 Å². The van der Waals surface area contributed by atoms with Crippen molar-refractivity contribution in [3.8, 4) is 11.8 Å². The van der Waals surface area contributed by atoms with E-state index in [1.165, 1.54) is 12.5 Å². The van der Waals surface area contributed by atoms with Crippen molar-refractivity contribution in [3.63, 3.8) is 0 Å². The largest absolute Gasteiger partial charge is 0.495 e. The van der Waals surface area contributed by atoms with E-state index in [-0.39, 0.29) is 12.2 Å². The molecule has 5 nitrogen and oxygen atoms in total. The molecule has 0 N–H and O–H groups in total. The maximum atomic E-state index is 5.70. The van der Waals surface area contributed by atoms with Gasteiger partial charge in [0.15, 0.2) is 0 Å². The van der Waals surface area contributed by atoms with Gasteiger partial charge in [0, 0.05) is 12.1 Å². The van der Waals surface area contributed by atoms with Crippen LogP contribution in [-0.4, -0.2) is 30.4 Å². The van der Waals surface area contributed by atoms with E-state index in [1.807, 2.05) is 6.07 Å². The third-order valence-electron chi connectivity index (χ3n) is 3.33. The molecule has 24 heavy (non-hydrogen) atoms. The van der Waals surface area contributed by atoms with Crippen LogP contribution in [0.5, 0.6) is 11.8 Å². The predicted octanol–water partition coefficient (Wildman–Crippen LogP) is 4.50. The minimum absolute atomic E-state index is 0.0196. The van der Waals surface area contributed by atoms with Gasteiger partial charge in [-0.25, -0.2) is 0 Å². The second kappa shape index (κ2) is 12.3. The number of aromatic nitrogens is 1. The predicted molar refractivity (Wildman–Crippen MR) is 95.2 cm³/mol. The van der Waals surface area contributed by atoms with Crippen molar-refractivity contribution in [2.75, 3.05) is 13.2 Å². The van der Waals surface area contributed by atoms with Gasteiger partial charge < -0.3 is 18.9 Å². The molecule has 0 bridgehead atoms. The van der Waals surface area contributed by atoms with Gasteiger partial charge in [0.2, 0.25) is 11.8 Å². The molecule has 0 aliphatic rings. The molecule has 134 valence electrons. The molecule has 1 aromatic heterocycles. The van der Waals surface area contributed by atoms with Crippen molar-refractivity contribution in [2.24, 2.45) is 0 Å². The van der Waals surface area contributed by atoms with Crippen molar-refractivity contribution in [3.05, 3.63) is 43.9 Å². The minimum atomic E-state index is -0.0196. The molecule has 0 saturated heterocycles. The lowest BCUT2D eigenvalue weighted by Crippen LogP contribution is -2.21. The van der Waals surface area contributed by atoms with Gasteiger partial charge in [-0.3, -0.25) is 0 Å². The van der Waals surface area contributed by atoms with Gasteiger partial charge in [0.1, 0.15) is 25.4 Å². The zero-order valence-electron chi connectivity index (χ0n) is 14.8. The fourth-order valence-electron chi connectivity index (χ4n) is 2.21. The third-order valence-corrected chi connectivity index (χ3v) is 3.33. The van der Waals surface area contributed by atoms with E-state index in [1.54, 1.807) is 12.1 Å². The monoisotopic (exact) mass is 335 g/mol. The quantitative estimate of drug-likeness (QED) is 0.469. The second-order valence-corrected chi connectivity index (χ2v) is 5.36. The van der Waals surface area contributed by atoms with Gasteiger partial charge in [-0.15, -0.1) is 0 Å². The number of hydrogen-bond donors (Lipinski definition) is 0. The first-order valence-corrected chi connectivity index (χ1v) is 8.48. The lowest BCUT2D eigenvalue weighted by molar-refractivity contribution is 0.0744. The van der Waals surface area contributed by atoms with Gasteiger partial charge in [-0.2, -0.15) is 4.98 Å². The first-order chi connectivity index (χ1) is 11.7. The van der Waals surface area contributed by atoms with Crippen LogP contribution in [0.1, 0.15) is 39.5 Å². The van der Waals surface area contributed by atoms with E-state index in [9.17, 15) is 0 Å². The summed E-state index contributed by atoms with van der Waals surface area (Å²) in [5, 5.41) is 0. The molecule has 0 radical (unpaired) electrons. The van der Waals surface area contributed by atoms with Crippen LogP contribution in [0.4, 0.5) is 0 Å². The molecule has 2 atom stereocenters. The van der Waals surface area contributed by atoms with Crippen LogP contribution < -0.4 is 9.47 Å². The fraction of sp³-hybridized carbons (Fsp3) is 0.526. The van der Waals surface area contributed by atoms with Crippen LogP contribution in [-0.2, 0) is 9.47 Å². The van der Waals surface area contributed by atoms with Crippen LogP contribution in [0.2, 0.25) is 0 Å². The van der Waals surface area contributed by atoms with Crippen molar-refractivity contribution in [1.29, 1.82) is 0 Å². The maximum absolute atomic E-state index is 5.70. The standard InChI is InChI=1S/C19H29NO4/c1-5-10-16(21-7-3)14-23-18-12-9-13-19(20-18)24-15-17(11-6-2)22-8-4/h7-9,12-13,16-17H,3-6,10-11,14-15H2,1-2H3. The van der Waals surface area contributed by atoms with Crippen molar-refractivity contribution in [1.82, 2.24) is 4.98 Å². The Bertz CT molecular complexity index is 439. The lowest BCUT2D eigenvalue weighted by atomic mass is 10.2. The van der Waals surface area contributed by atoms with Crippen LogP contribution in [0, 0.1) is 0 Å². The highest BCUT2D eigenvalue weighted by Crippen LogP contribution is 2.16. The summed E-state index contributed by atoms with van der Waals surface area (Å²) < 4.78 is 22.3. The smallest absolute Gasteiger partial charge is 0.216 e. The molecular weight excluding hydrogens is 306 g/mol. The maximum Gasteiger partial charge on any atom is 0.216 e. The molecule has 1 rings (SSSR count). The lowest BCUT2D eigenvalue weighted by Gasteiger charge is -2.17. The second-order valence-electron chi connectivity index (χ2n) is 5.36. The van der Waals surface area contributed by atoms with Gasteiger partial charge >= 0.3 is 0 Å². The number of ether oxygens (including phenoxy) is 4. The molecule has 0 spiro atoms. The van der Waals surface area contributed by atoms with Crippen LogP contribution >= 0.6 is 0 Å². The first kappa shape index (κ1) is 19.9. The summed E-state index contributed by atoms with van der Waals surface area (Å²) in [7, 11) is 0. The summed E-state index contributed by atoms with van der Waals surface area (Å²) >= 11 is 0. The Balaban J connectivity index is 2.52. The molecular formula is C19H29NO4. The van der Waals surface area contributed by atoms with Crippen LogP contribution in [0.3, 0.4) is 0 Å². The number of rotatable bonds is 14. The van der Waals surface area contributed by atoms with Gasteiger partial charge in [0.25, 0.3) is 0 Å². The normalized spacial score (nSPS) is 12.8. The van der Waals surface area contributed by atoms with Crippen molar-refractivity contribution < 1.29 is 18.9 Å². The Morgan fingerprint density at radius 3 is 1.75 bits per heavy atom. The Hall–Kier alpha value is -2.17. The summed E-state index contributed by atoms with van der Waals surface area (Å²) in [6.45, 7) is 12.2. The van der Waals surface area contributed by atoms with Crippen LogP contribution in [0.25, 0.3) is 0 Å². The SMILES string of the molecule is C=COC(CCC)COc1cccc(OCC(CCC)OC=C)n1. The third kappa shape index (κ3) is 7.90. The van der Waals surface area contributed by atoms with Crippen LogP contribution in [0.15, 0.2) is 43.9 Å². The molecule has 0 fully saturated rings. The Kier molecular flexibility index (Phi) is 10.2. The summed E-state index contributed by atoms with van der Waals surface area (Å²) in [6, 6.07) is 5.45. The summed E-state index contributed by atoms with van der Waals surface area (Å²) in [6.07, 6.45) is 6.69. The van der Waals surface area contributed by atoms with E-state index >= 15 is 0 Å². The van der Waals surface area contributed by atoms with E-state index < -0.39 is 0 Å². The molecule has 0 saturated carbocycles. The van der Waals surface area contributed by atoms with Gasteiger partial charge in [-0.1, -0.05) is 45.9 Å². The molecule has 1 aromatic rings. The molecule has 0 amide bonds. The molecule has 0 aliphatic carbocycles. The average molecular weight is 335 g/mol. The molecule has 0 aromatic carbocycles. The van der Waals surface area contributed by atoms with Gasteiger partial charge in [-0.05, 0) is 12.8 Å². The van der Waals surface area contributed by atoms with E-state index in [4.69, 9.17) is 18.9 Å². The Morgan fingerprint density at radius 2 is 1.38 bits per heavy atom. The zero-order chi connectivity index (χ0) is 17.6. The first-order valence-electron chi connectivity index (χ1n) is 8.48. The highest BCUT2D eigenvalue weighted by molar-refractivity contribution is 5.19. The summed E-state index contributed by atoms with van der Waals surface area (Å²) in [5.41, 5.74) is 0. The van der Waals surface area contributed by atoms with E-state index in [2.05, 4.69) is 32.0 Å². The highest BCUT2D eigenvalue weighted by Gasteiger charge is 2.11. The number of nitrogens with zero attached hydrogens (tertiary/aromatic N) is 1.